The zero-order valence-electron chi connectivity index (χ0n) is 10.5. The van der Waals surface area contributed by atoms with Crippen LogP contribution in [-0.4, -0.2) is 31.6 Å². The normalized spacial score (nSPS) is 15.0. The van der Waals surface area contributed by atoms with Crippen LogP contribution in [0.15, 0.2) is 28.8 Å². The van der Waals surface area contributed by atoms with Gasteiger partial charge in [-0.15, -0.1) is 0 Å². The number of rotatable bonds is 4. The van der Waals surface area contributed by atoms with E-state index in [2.05, 4.69) is 5.16 Å². The summed E-state index contributed by atoms with van der Waals surface area (Å²) in [7, 11) is 1.60. The molecule has 0 radical (unpaired) electrons. The average Bonchev–Trinajstić information content (AvgIpc) is 2.80. The summed E-state index contributed by atoms with van der Waals surface area (Å²) in [6, 6.07) is 7.21. The summed E-state index contributed by atoms with van der Waals surface area (Å²) >= 11 is 0. The van der Waals surface area contributed by atoms with Crippen LogP contribution in [0.25, 0.3) is 11.3 Å². The molecule has 0 bridgehead atoms. The van der Waals surface area contributed by atoms with Gasteiger partial charge in [-0.3, -0.25) is 0 Å². The smallest absolute Gasteiger partial charge is 0.172 e. The van der Waals surface area contributed by atoms with Crippen LogP contribution in [0, 0.1) is 0 Å². The molecule has 100 valence electrons. The zero-order valence-corrected chi connectivity index (χ0v) is 10.5. The van der Waals surface area contributed by atoms with Crippen LogP contribution in [0.3, 0.4) is 0 Å². The monoisotopic (exact) mass is 262 g/mol. The van der Waals surface area contributed by atoms with Gasteiger partial charge in [0.1, 0.15) is 6.10 Å². The number of anilines is 1. The summed E-state index contributed by atoms with van der Waals surface area (Å²) in [5, 5.41) is 3.68. The molecule has 2 N–H and O–H groups in total. The molecule has 6 heteroatoms. The lowest BCUT2D eigenvalue weighted by Gasteiger charge is -2.28. The van der Waals surface area contributed by atoms with Gasteiger partial charge in [0, 0.05) is 6.07 Å². The highest BCUT2D eigenvalue weighted by atomic mass is 16.6. The number of ether oxygens (including phenoxy) is 3. The molecule has 2 aromatic rings. The number of hydrogen-bond donors (Lipinski definition) is 1. The third kappa shape index (κ3) is 2.22. The molecule has 1 saturated heterocycles. The second kappa shape index (κ2) is 4.81. The number of nitrogens with two attached hydrogens (primary N) is 1. The van der Waals surface area contributed by atoms with Crippen LogP contribution in [0.5, 0.6) is 11.5 Å². The molecule has 2 heterocycles. The van der Waals surface area contributed by atoms with Gasteiger partial charge >= 0.3 is 0 Å². The van der Waals surface area contributed by atoms with Crippen molar-refractivity contribution >= 4 is 5.82 Å². The van der Waals surface area contributed by atoms with Crippen molar-refractivity contribution in [2.75, 3.05) is 26.1 Å². The highest BCUT2D eigenvalue weighted by Gasteiger charge is 2.24. The van der Waals surface area contributed by atoms with E-state index in [1.165, 1.54) is 0 Å². The van der Waals surface area contributed by atoms with E-state index in [0.29, 0.717) is 36.3 Å². The number of nitrogen functional groups attached to an aromatic ring is 1. The molecule has 1 aromatic carbocycles. The van der Waals surface area contributed by atoms with Crippen molar-refractivity contribution in [2.45, 2.75) is 6.10 Å². The van der Waals surface area contributed by atoms with Gasteiger partial charge in [0.05, 0.1) is 25.9 Å². The Hall–Kier alpha value is -2.21. The molecule has 6 nitrogen and oxygen atoms in total. The Morgan fingerprint density at radius 2 is 2.21 bits per heavy atom. The lowest BCUT2D eigenvalue weighted by atomic mass is 10.1. The van der Waals surface area contributed by atoms with Crippen LogP contribution in [0.2, 0.25) is 0 Å². The fourth-order valence-corrected chi connectivity index (χ4v) is 1.86. The lowest BCUT2D eigenvalue weighted by molar-refractivity contribution is -0.0801. The molecule has 0 saturated carbocycles. The first kappa shape index (κ1) is 11.9. The summed E-state index contributed by atoms with van der Waals surface area (Å²) in [6.45, 7) is 1.16. The van der Waals surface area contributed by atoms with Crippen LogP contribution in [0.4, 0.5) is 5.82 Å². The van der Waals surface area contributed by atoms with Gasteiger partial charge in [0.2, 0.25) is 0 Å². The standard InChI is InChI=1S/C13H14N2O4/c1-16-10-4-2-3-9(11-5-12(14)15-19-11)13(10)18-8-6-17-7-8/h2-5,8H,6-7H2,1H3,(H2,14,15). The van der Waals surface area contributed by atoms with Gasteiger partial charge in [0.15, 0.2) is 23.1 Å². The minimum absolute atomic E-state index is 0.0373. The van der Waals surface area contributed by atoms with Gasteiger partial charge in [-0.05, 0) is 12.1 Å². The van der Waals surface area contributed by atoms with Gasteiger partial charge in [-0.25, -0.2) is 0 Å². The van der Waals surface area contributed by atoms with Gasteiger partial charge in [0.25, 0.3) is 0 Å². The summed E-state index contributed by atoms with van der Waals surface area (Å²) < 4.78 is 21.5. The molecule has 0 spiro atoms. The molecule has 0 atom stereocenters. The largest absolute Gasteiger partial charge is 0.493 e. The van der Waals surface area contributed by atoms with Crippen molar-refractivity contribution in [3.05, 3.63) is 24.3 Å². The topological polar surface area (TPSA) is 79.7 Å². The number of para-hydroxylation sites is 1. The number of aromatic nitrogens is 1. The van der Waals surface area contributed by atoms with Crippen LogP contribution in [-0.2, 0) is 4.74 Å². The van der Waals surface area contributed by atoms with Crippen LogP contribution >= 0.6 is 0 Å². The van der Waals surface area contributed by atoms with E-state index in [4.69, 9.17) is 24.5 Å². The first-order valence-electron chi connectivity index (χ1n) is 5.92. The Kier molecular flexibility index (Phi) is 3.00. The predicted molar refractivity (Wildman–Crippen MR) is 68.1 cm³/mol. The predicted octanol–water partition coefficient (Wildman–Crippen LogP) is 1.71. The first-order chi connectivity index (χ1) is 9.28. The van der Waals surface area contributed by atoms with E-state index in [0.717, 1.165) is 5.56 Å². The minimum Gasteiger partial charge on any atom is -0.493 e. The molecule has 0 unspecified atom stereocenters. The molecule has 0 amide bonds. The Morgan fingerprint density at radius 3 is 2.79 bits per heavy atom. The van der Waals surface area contributed by atoms with E-state index >= 15 is 0 Å². The third-order valence-electron chi connectivity index (χ3n) is 2.88. The van der Waals surface area contributed by atoms with E-state index in [-0.39, 0.29) is 6.10 Å². The SMILES string of the molecule is COc1cccc(-c2cc(N)no2)c1OC1COC1. The average molecular weight is 262 g/mol. The Balaban J connectivity index is 2.01. The quantitative estimate of drug-likeness (QED) is 0.903. The van der Waals surface area contributed by atoms with E-state index in [1.807, 2.05) is 18.2 Å². The number of hydrogen-bond acceptors (Lipinski definition) is 6. The van der Waals surface area contributed by atoms with Crippen molar-refractivity contribution in [2.24, 2.45) is 0 Å². The van der Waals surface area contributed by atoms with E-state index in [1.54, 1.807) is 13.2 Å². The summed E-state index contributed by atoms with van der Waals surface area (Å²) in [4.78, 5) is 0. The Labute approximate surface area is 110 Å². The maximum atomic E-state index is 5.89. The molecule has 1 aliphatic rings. The third-order valence-corrected chi connectivity index (χ3v) is 2.88. The summed E-state index contributed by atoms with van der Waals surface area (Å²) in [5.41, 5.74) is 6.34. The molecule has 1 aliphatic heterocycles. The summed E-state index contributed by atoms with van der Waals surface area (Å²) in [5.74, 6) is 2.14. The molecule has 1 aromatic heterocycles. The molecule has 19 heavy (non-hydrogen) atoms. The van der Waals surface area contributed by atoms with Gasteiger partial charge < -0.3 is 24.5 Å². The van der Waals surface area contributed by atoms with Gasteiger partial charge in [-0.1, -0.05) is 11.2 Å². The zero-order chi connectivity index (χ0) is 13.2. The maximum Gasteiger partial charge on any atom is 0.172 e. The molecular weight excluding hydrogens is 248 g/mol. The van der Waals surface area contributed by atoms with Crippen molar-refractivity contribution < 1.29 is 18.7 Å². The van der Waals surface area contributed by atoms with Crippen molar-refractivity contribution in [3.8, 4) is 22.8 Å². The highest BCUT2D eigenvalue weighted by molar-refractivity contribution is 5.71. The second-order valence-electron chi connectivity index (χ2n) is 4.23. The molecule has 3 rings (SSSR count). The lowest BCUT2D eigenvalue weighted by Crippen LogP contribution is -2.38. The molecule has 1 fully saturated rings. The molecule has 0 aliphatic carbocycles. The van der Waals surface area contributed by atoms with Crippen molar-refractivity contribution in [1.29, 1.82) is 0 Å². The number of nitrogens with zero attached hydrogens (tertiary/aromatic N) is 1. The van der Waals surface area contributed by atoms with E-state index < -0.39 is 0 Å². The highest BCUT2D eigenvalue weighted by Crippen LogP contribution is 2.39. The minimum atomic E-state index is 0.0373. The maximum absolute atomic E-state index is 5.89. The van der Waals surface area contributed by atoms with Crippen LogP contribution < -0.4 is 15.2 Å². The fraction of sp³-hybridized carbons (Fsp3) is 0.308. The Bertz CT molecular complexity index is 578. The van der Waals surface area contributed by atoms with E-state index in [9.17, 15) is 0 Å². The molecular formula is C13H14N2O4. The number of methoxy groups -OCH3 is 1. The van der Waals surface area contributed by atoms with Crippen molar-refractivity contribution in [1.82, 2.24) is 5.16 Å². The summed E-state index contributed by atoms with van der Waals surface area (Å²) in [6.07, 6.45) is 0.0373. The first-order valence-corrected chi connectivity index (χ1v) is 5.92. The van der Waals surface area contributed by atoms with Crippen LogP contribution in [0.1, 0.15) is 0 Å². The van der Waals surface area contributed by atoms with Crippen molar-refractivity contribution in [3.63, 3.8) is 0 Å². The fourth-order valence-electron chi connectivity index (χ4n) is 1.86. The van der Waals surface area contributed by atoms with Gasteiger partial charge in [-0.2, -0.15) is 0 Å². The Morgan fingerprint density at radius 1 is 1.37 bits per heavy atom. The second-order valence-corrected chi connectivity index (χ2v) is 4.23. The number of benzene rings is 1.